The molecule has 2 nitrogen and oxygen atoms in total. The van der Waals surface area contributed by atoms with E-state index in [0.29, 0.717) is 12.1 Å². The van der Waals surface area contributed by atoms with Crippen molar-refractivity contribution in [2.75, 3.05) is 4.90 Å². The van der Waals surface area contributed by atoms with E-state index in [4.69, 9.17) is 0 Å². The third-order valence-electron chi connectivity index (χ3n) is 8.03. The molecule has 2 heteroatoms. The van der Waals surface area contributed by atoms with E-state index in [1.807, 2.05) is 0 Å². The zero-order valence-electron chi connectivity index (χ0n) is 19.6. The second-order valence-electron chi connectivity index (χ2n) is 9.81. The highest BCUT2D eigenvalue weighted by Gasteiger charge is 2.52. The average Bonchev–Trinajstić information content (AvgIpc) is 3.58. The molecule has 0 bridgehead atoms. The van der Waals surface area contributed by atoms with Crippen LogP contribution in [0, 0.1) is 12.8 Å². The summed E-state index contributed by atoms with van der Waals surface area (Å²) >= 11 is 0. The monoisotopic (exact) mass is 432 g/mol. The van der Waals surface area contributed by atoms with Gasteiger partial charge in [0.25, 0.3) is 0 Å². The largest absolute Gasteiger partial charge is 0.327 e. The Morgan fingerprint density at radius 1 is 0.727 bits per heavy atom. The fourth-order valence-corrected chi connectivity index (χ4v) is 6.56. The summed E-state index contributed by atoms with van der Waals surface area (Å²) in [5, 5.41) is 0. The fraction of sp³-hybridized carbons (Fsp3) is 0.290. The van der Waals surface area contributed by atoms with Crippen LogP contribution < -0.4 is 4.90 Å². The van der Waals surface area contributed by atoms with Crippen LogP contribution in [0.1, 0.15) is 49.3 Å². The Hall–Kier alpha value is -3.26. The predicted octanol–water partition coefficient (Wildman–Crippen LogP) is 7.38. The minimum Gasteiger partial charge on any atom is -0.327 e. The van der Waals surface area contributed by atoms with E-state index < -0.39 is 0 Å². The number of rotatable bonds is 4. The van der Waals surface area contributed by atoms with Crippen molar-refractivity contribution < 1.29 is 0 Å². The maximum Gasteiger partial charge on any atom is 0.113 e. The van der Waals surface area contributed by atoms with Crippen molar-refractivity contribution in [1.29, 1.82) is 0 Å². The molecular weight excluding hydrogens is 400 g/mol. The lowest BCUT2D eigenvalue weighted by Gasteiger charge is -2.37. The SMILES string of the molecule is CC1=C2N(C=CC2(c2ccccc2)c2ccccc2)C(C2CCCC2)N1c1ccccc1C. The molecule has 1 unspecified atom stereocenters. The molecule has 6 rings (SSSR count). The van der Waals surface area contributed by atoms with Gasteiger partial charge in [-0.2, -0.15) is 0 Å². The highest BCUT2D eigenvalue weighted by Crippen LogP contribution is 2.55. The Kier molecular flexibility index (Phi) is 4.90. The topological polar surface area (TPSA) is 6.48 Å². The van der Waals surface area contributed by atoms with E-state index in [2.05, 4.69) is 121 Å². The van der Waals surface area contributed by atoms with Gasteiger partial charge in [-0.1, -0.05) is 91.7 Å². The Labute approximate surface area is 197 Å². The van der Waals surface area contributed by atoms with Gasteiger partial charge in [0.1, 0.15) is 6.17 Å². The van der Waals surface area contributed by atoms with Crippen molar-refractivity contribution in [2.45, 2.75) is 51.1 Å². The normalized spacial score (nSPS) is 21.8. The quantitative estimate of drug-likeness (QED) is 0.424. The first-order valence-corrected chi connectivity index (χ1v) is 12.4. The first-order chi connectivity index (χ1) is 16.2. The van der Waals surface area contributed by atoms with Crippen molar-refractivity contribution in [3.05, 3.63) is 125 Å². The van der Waals surface area contributed by atoms with E-state index in [0.717, 1.165) is 0 Å². The van der Waals surface area contributed by atoms with Crippen molar-refractivity contribution in [3.63, 3.8) is 0 Å². The van der Waals surface area contributed by atoms with Crippen LogP contribution in [0.3, 0.4) is 0 Å². The molecule has 0 radical (unpaired) electrons. The smallest absolute Gasteiger partial charge is 0.113 e. The van der Waals surface area contributed by atoms with E-state index in [1.165, 1.54) is 59.5 Å². The lowest BCUT2D eigenvalue weighted by Crippen LogP contribution is -2.43. The lowest BCUT2D eigenvalue weighted by atomic mass is 9.72. The van der Waals surface area contributed by atoms with Gasteiger partial charge in [-0.15, -0.1) is 0 Å². The summed E-state index contributed by atoms with van der Waals surface area (Å²) in [6.45, 7) is 4.59. The summed E-state index contributed by atoms with van der Waals surface area (Å²) in [5.41, 5.74) is 7.87. The Morgan fingerprint density at radius 2 is 1.30 bits per heavy atom. The van der Waals surface area contributed by atoms with Gasteiger partial charge < -0.3 is 9.80 Å². The standard InChI is InChI=1S/C31H32N2/c1-23-13-9-12-20-28(23)33-24(2)29-31(26-16-5-3-6-17-26,27-18-7-4-8-19-27)21-22-32(29)30(33)25-14-10-11-15-25/h3-9,12-13,16-22,25,30H,10-11,14-15H2,1-2H3. The predicted molar refractivity (Wildman–Crippen MR) is 137 cm³/mol. The Bertz CT molecular complexity index is 1160. The zero-order chi connectivity index (χ0) is 22.4. The number of hydrogen-bond donors (Lipinski definition) is 0. The zero-order valence-corrected chi connectivity index (χ0v) is 19.6. The van der Waals surface area contributed by atoms with Gasteiger partial charge in [-0.05, 0) is 61.4 Å². The van der Waals surface area contributed by atoms with Crippen LogP contribution in [0.2, 0.25) is 0 Å². The molecule has 33 heavy (non-hydrogen) atoms. The van der Waals surface area contributed by atoms with Gasteiger partial charge in [-0.3, -0.25) is 0 Å². The molecule has 0 saturated heterocycles. The van der Waals surface area contributed by atoms with Crippen molar-refractivity contribution in [1.82, 2.24) is 4.90 Å². The van der Waals surface area contributed by atoms with E-state index >= 15 is 0 Å². The fourth-order valence-electron chi connectivity index (χ4n) is 6.56. The molecule has 1 fully saturated rings. The van der Waals surface area contributed by atoms with Crippen LogP contribution in [0.15, 0.2) is 109 Å². The minimum atomic E-state index is -0.277. The average molecular weight is 433 g/mol. The van der Waals surface area contributed by atoms with Crippen LogP contribution >= 0.6 is 0 Å². The van der Waals surface area contributed by atoms with Gasteiger partial charge in [0.05, 0.1) is 11.1 Å². The van der Waals surface area contributed by atoms with E-state index in [9.17, 15) is 0 Å². The maximum atomic E-state index is 2.66. The molecule has 1 aliphatic carbocycles. The molecule has 1 atom stereocenters. The van der Waals surface area contributed by atoms with Gasteiger partial charge >= 0.3 is 0 Å². The van der Waals surface area contributed by atoms with Gasteiger partial charge in [0, 0.05) is 17.6 Å². The number of allylic oxidation sites excluding steroid dienone is 2. The summed E-state index contributed by atoms with van der Waals surface area (Å²) < 4.78 is 0. The number of nitrogens with zero attached hydrogens (tertiary/aromatic N) is 2. The summed E-state index contributed by atoms with van der Waals surface area (Å²) in [5.74, 6) is 0.670. The summed E-state index contributed by atoms with van der Waals surface area (Å²) in [4.78, 5) is 5.28. The Morgan fingerprint density at radius 3 is 1.91 bits per heavy atom. The second-order valence-corrected chi connectivity index (χ2v) is 9.81. The van der Waals surface area contributed by atoms with Crippen molar-refractivity contribution in [3.8, 4) is 0 Å². The number of hydrogen-bond acceptors (Lipinski definition) is 2. The molecule has 0 spiro atoms. The first kappa shape index (κ1) is 20.4. The third kappa shape index (κ3) is 3.00. The van der Waals surface area contributed by atoms with Crippen molar-refractivity contribution >= 4 is 5.69 Å². The lowest BCUT2D eigenvalue weighted by molar-refractivity contribution is 0.266. The third-order valence-corrected chi connectivity index (χ3v) is 8.03. The van der Waals surface area contributed by atoms with Gasteiger partial charge in [-0.25, -0.2) is 0 Å². The van der Waals surface area contributed by atoms with Crippen LogP contribution in [-0.4, -0.2) is 11.1 Å². The van der Waals surface area contributed by atoms with Crippen LogP contribution in [0.4, 0.5) is 5.69 Å². The molecule has 3 aromatic carbocycles. The number of para-hydroxylation sites is 1. The molecule has 0 aromatic heterocycles. The molecule has 166 valence electrons. The molecule has 3 aliphatic rings. The number of aryl methyl sites for hydroxylation is 1. The first-order valence-electron chi connectivity index (χ1n) is 12.4. The van der Waals surface area contributed by atoms with Crippen LogP contribution in [-0.2, 0) is 5.41 Å². The molecular formula is C31H32N2. The minimum absolute atomic E-state index is 0.277. The van der Waals surface area contributed by atoms with Crippen molar-refractivity contribution in [2.24, 2.45) is 5.92 Å². The molecule has 1 saturated carbocycles. The molecule has 2 heterocycles. The number of benzene rings is 3. The van der Waals surface area contributed by atoms with Gasteiger partial charge in [0.15, 0.2) is 0 Å². The van der Waals surface area contributed by atoms with Crippen LogP contribution in [0.5, 0.6) is 0 Å². The number of anilines is 1. The summed E-state index contributed by atoms with van der Waals surface area (Å²) in [7, 11) is 0. The Balaban J connectivity index is 1.60. The molecule has 2 aliphatic heterocycles. The number of fused-ring (bicyclic) bond motifs is 1. The van der Waals surface area contributed by atoms with E-state index in [1.54, 1.807) is 0 Å². The summed E-state index contributed by atoms with van der Waals surface area (Å²) in [6.07, 6.45) is 10.5. The molecule has 3 aromatic rings. The molecule has 0 amide bonds. The molecule has 0 N–H and O–H groups in total. The van der Waals surface area contributed by atoms with Gasteiger partial charge in [0.2, 0.25) is 0 Å². The highest BCUT2D eigenvalue weighted by atomic mass is 15.4. The summed E-state index contributed by atoms with van der Waals surface area (Å²) in [6, 6.07) is 31.0. The second kappa shape index (κ2) is 7.95. The maximum absolute atomic E-state index is 2.66. The highest BCUT2D eigenvalue weighted by molar-refractivity contribution is 5.67. The van der Waals surface area contributed by atoms with Crippen LogP contribution in [0.25, 0.3) is 0 Å². The van der Waals surface area contributed by atoms with E-state index in [-0.39, 0.29) is 5.41 Å².